The number of amidine groups is 1. The monoisotopic (exact) mass is 376 g/mol. The smallest absolute Gasteiger partial charge is 0.264 e. The second-order valence-electron chi connectivity index (χ2n) is 5.14. The van der Waals surface area contributed by atoms with Crippen LogP contribution < -0.4 is 5.32 Å². The summed E-state index contributed by atoms with van der Waals surface area (Å²) in [4.78, 5) is 17.1. The molecule has 0 radical (unpaired) electrons. The fourth-order valence-corrected chi connectivity index (χ4v) is 3.51. The molecule has 0 aliphatic carbocycles. The largest absolute Gasteiger partial charge is 0.300 e. The summed E-state index contributed by atoms with van der Waals surface area (Å²) in [5, 5.41) is 4.31. The van der Waals surface area contributed by atoms with Crippen LogP contribution in [0.2, 0.25) is 10.0 Å². The number of amides is 1. The van der Waals surface area contributed by atoms with Gasteiger partial charge in [-0.05, 0) is 54.1 Å². The molecular weight excluding hydrogens is 363 g/mol. The molecule has 1 N–H and O–H groups in total. The minimum atomic E-state index is -0.208. The summed E-state index contributed by atoms with van der Waals surface area (Å²) in [6, 6.07) is 13.2. The summed E-state index contributed by atoms with van der Waals surface area (Å²) in [5.41, 5.74) is 2.68. The van der Waals surface area contributed by atoms with Crippen molar-refractivity contribution in [3.8, 4) is 0 Å². The summed E-state index contributed by atoms with van der Waals surface area (Å²) >= 11 is 13.6. The van der Waals surface area contributed by atoms with E-state index in [-0.39, 0.29) is 5.91 Å². The maximum Gasteiger partial charge on any atom is 0.264 e. The molecule has 24 heavy (non-hydrogen) atoms. The van der Waals surface area contributed by atoms with E-state index in [0.717, 1.165) is 12.1 Å². The van der Waals surface area contributed by atoms with Crippen LogP contribution in [0.3, 0.4) is 0 Å². The lowest BCUT2D eigenvalue weighted by atomic mass is 10.2. The van der Waals surface area contributed by atoms with Gasteiger partial charge < -0.3 is 5.32 Å². The van der Waals surface area contributed by atoms with Gasteiger partial charge in [0, 0.05) is 15.6 Å². The molecule has 0 aromatic heterocycles. The van der Waals surface area contributed by atoms with E-state index in [1.807, 2.05) is 24.3 Å². The average molecular weight is 377 g/mol. The van der Waals surface area contributed by atoms with Gasteiger partial charge in [0.15, 0.2) is 5.17 Å². The molecule has 1 aliphatic rings. The molecule has 1 saturated heterocycles. The quantitative estimate of drug-likeness (QED) is 0.723. The molecule has 2 aromatic rings. The Morgan fingerprint density at radius 2 is 1.79 bits per heavy atom. The van der Waals surface area contributed by atoms with Crippen molar-refractivity contribution in [1.29, 1.82) is 0 Å². The van der Waals surface area contributed by atoms with Gasteiger partial charge >= 0.3 is 0 Å². The molecule has 1 aliphatic heterocycles. The molecule has 3 nitrogen and oxygen atoms in total. The Morgan fingerprint density at radius 3 is 2.42 bits per heavy atom. The van der Waals surface area contributed by atoms with Crippen LogP contribution in [0.1, 0.15) is 18.1 Å². The summed E-state index contributed by atoms with van der Waals surface area (Å²) in [6.45, 7) is 2.10. The predicted octanol–water partition coefficient (Wildman–Crippen LogP) is 5.45. The molecule has 0 saturated carbocycles. The average Bonchev–Trinajstić information content (AvgIpc) is 2.91. The van der Waals surface area contributed by atoms with Gasteiger partial charge in [0.25, 0.3) is 5.91 Å². The van der Waals surface area contributed by atoms with Gasteiger partial charge in [-0.15, -0.1) is 0 Å². The number of carbonyl (C=O) groups excluding carboxylic acids is 1. The Hall–Kier alpha value is -1.75. The summed E-state index contributed by atoms with van der Waals surface area (Å²) in [7, 11) is 0. The molecule has 2 aromatic carbocycles. The molecule has 3 rings (SSSR count). The van der Waals surface area contributed by atoms with Crippen molar-refractivity contribution >= 4 is 57.8 Å². The first-order valence-corrected chi connectivity index (χ1v) is 8.96. The lowest BCUT2D eigenvalue weighted by molar-refractivity contribution is -0.115. The van der Waals surface area contributed by atoms with Crippen molar-refractivity contribution < 1.29 is 4.79 Å². The fraction of sp³-hybridized carbons (Fsp3) is 0.111. The topological polar surface area (TPSA) is 41.5 Å². The number of nitrogens with zero attached hydrogens (tertiary/aromatic N) is 1. The number of carbonyl (C=O) groups is 1. The number of aryl methyl sites for hydroxylation is 1. The predicted molar refractivity (Wildman–Crippen MR) is 103 cm³/mol. The molecule has 1 fully saturated rings. The van der Waals surface area contributed by atoms with E-state index < -0.39 is 0 Å². The highest BCUT2D eigenvalue weighted by molar-refractivity contribution is 8.18. The van der Waals surface area contributed by atoms with E-state index in [9.17, 15) is 4.79 Å². The van der Waals surface area contributed by atoms with Crippen molar-refractivity contribution in [3.63, 3.8) is 0 Å². The highest BCUT2D eigenvalue weighted by Crippen LogP contribution is 2.32. The Morgan fingerprint density at radius 1 is 1.12 bits per heavy atom. The summed E-state index contributed by atoms with van der Waals surface area (Å²) in [5.74, 6) is -0.208. The molecule has 1 amide bonds. The standard InChI is InChI=1S/C18H14Cl2N2OS/c1-2-11-6-8-12(9-7-11)21-18-22-17(23)16(24-18)10-13-14(19)4-3-5-15(13)20/h3-10H,2H2,1H3,(H,21,22,23)/b16-10-. The first kappa shape index (κ1) is 17.1. The van der Waals surface area contributed by atoms with E-state index in [1.54, 1.807) is 24.3 Å². The molecule has 0 unspecified atom stereocenters. The van der Waals surface area contributed by atoms with Crippen LogP contribution in [-0.4, -0.2) is 11.1 Å². The number of aliphatic imine (C=N–C) groups is 1. The summed E-state index contributed by atoms with van der Waals surface area (Å²) < 4.78 is 0. The third kappa shape index (κ3) is 3.83. The SMILES string of the molecule is CCc1ccc(N=C2NC(=O)/C(=C/c3c(Cl)cccc3Cl)S2)cc1. The van der Waals surface area contributed by atoms with E-state index in [1.165, 1.54) is 17.3 Å². The molecule has 0 atom stereocenters. The van der Waals surface area contributed by atoms with Gasteiger partial charge in [-0.1, -0.05) is 48.3 Å². The third-order valence-electron chi connectivity index (χ3n) is 3.50. The minimum Gasteiger partial charge on any atom is -0.300 e. The zero-order chi connectivity index (χ0) is 17.1. The van der Waals surface area contributed by atoms with Crippen LogP contribution in [0.15, 0.2) is 52.4 Å². The number of hydrogen-bond acceptors (Lipinski definition) is 3. The summed E-state index contributed by atoms with van der Waals surface area (Å²) in [6.07, 6.45) is 2.67. The van der Waals surface area contributed by atoms with Gasteiger partial charge in [-0.2, -0.15) is 0 Å². The second-order valence-corrected chi connectivity index (χ2v) is 6.98. The van der Waals surface area contributed by atoms with Gasteiger partial charge in [-0.3, -0.25) is 4.79 Å². The second kappa shape index (κ2) is 7.43. The van der Waals surface area contributed by atoms with Crippen molar-refractivity contribution in [2.45, 2.75) is 13.3 Å². The molecule has 0 spiro atoms. The van der Waals surface area contributed by atoms with Crippen LogP contribution in [0.4, 0.5) is 5.69 Å². The number of rotatable bonds is 3. The van der Waals surface area contributed by atoms with Crippen LogP contribution in [0.5, 0.6) is 0 Å². The zero-order valence-electron chi connectivity index (χ0n) is 12.8. The number of halogens is 2. The minimum absolute atomic E-state index is 0.208. The van der Waals surface area contributed by atoms with Gasteiger partial charge in [0.1, 0.15) is 0 Å². The molecule has 122 valence electrons. The van der Waals surface area contributed by atoms with E-state index in [4.69, 9.17) is 23.2 Å². The van der Waals surface area contributed by atoms with E-state index in [2.05, 4.69) is 17.2 Å². The van der Waals surface area contributed by atoms with Gasteiger partial charge in [0.05, 0.1) is 10.6 Å². The van der Waals surface area contributed by atoms with Crippen molar-refractivity contribution in [3.05, 3.63) is 68.5 Å². The van der Waals surface area contributed by atoms with E-state index in [0.29, 0.717) is 25.7 Å². The lowest BCUT2D eigenvalue weighted by Gasteiger charge is -2.01. The van der Waals surface area contributed by atoms with Crippen LogP contribution in [-0.2, 0) is 11.2 Å². The van der Waals surface area contributed by atoms with Crippen LogP contribution >= 0.6 is 35.0 Å². The Balaban J connectivity index is 1.85. The van der Waals surface area contributed by atoms with E-state index >= 15 is 0 Å². The lowest BCUT2D eigenvalue weighted by Crippen LogP contribution is -2.19. The number of benzene rings is 2. The highest BCUT2D eigenvalue weighted by Gasteiger charge is 2.24. The highest BCUT2D eigenvalue weighted by atomic mass is 35.5. The van der Waals surface area contributed by atoms with Crippen LogP contribution in [0.25, 0.3) is 6.08 Å². The Labute approximate surface area is 154 Å². The number of nitrogens with one attached hydrogen (secondary N) is 1. The maximum absolute atomic E-state index is 12.1. The Kier molecular flexibility index (Phi) is 5.29. The van der Waals surface area contributed by atoms with Gasteiger partial charge in [-0.25, -0.2) is 4.99 Å². The number of thioether (sulfide) groups is 1. The molecule has 6 heteroatoms. The molecule has 1 heterocycles. The van der Waals surface area contributed by atoms with Gasteiger partial charge in [0.2, 0.25) is 0 Å². The Bertz CT molecular complexity index is 824. The molecule has 0 bridgehead atoms. The van der Waals surface area contributed by atoms with Crippen molar-refractivity contribution in [2.75, 3.05) is 0 Å². The third-order valence-corrected chi connectivity index (χ3v) is 5.07. The van der Waals surface area contributed by atoms with Crippen LogP contribution in [0, 0.1) is 0 Å². The molecular formula is C18H14Cl2N2OS. The first-order valence-electron chi connectivity index (χ1n) is 7.39. The first-order chi connectivity index (χ1) is 11.6. The number of hydrogen-bond donors (Lipinski definition) is 1. The van der Waals surface area contributed by atoms with Crippen molar-refractivity contribution in [2.24, 2.45) is 4.99 Å². The zero-order valence-corrected chi connectivity index (χ0v) is 15.2. The maximum atomic E-state index is 12.1. The fourth-order valence-electron chi connectivity index (χ4n) is 2.18. The van der Waals surface area contributed by atoms with Crippen molar-refractivity contribution in [1.82, 2.24) is 5.32 Å². The normalized spacial score (nSPS) is 17.5.